The molecule has 1 saturated heterocycles. The van der Waals surface area contributed by atoms with Gasteiger partial charge in [0.1, 0.15) is 65.0 Å². The molecule has 46 heavy (non-hydrogen) atoms. The maximum Gasteiger partial charge on any atom is 0.229 e. The predicted octanol–water partition coefficient (Wildman–Crippen LogP) is 2.13. The number of aliphatic hydroxyl groups excluding tert-OH is 5. The third-order valence-electron chi connectivity index (χ3n) is 9.05. The van der Waals surface area contributed by atoms with Crippen LogP contribution in [0.2, 0.25) is 0 Å². The zero-order chi connectivity index (χ0) is 32.4. The molecular formula is C34H32O12. The van der Waals surface area contributed by atoms with Gasteiger partial charge in [0.25, 0.3) is 0 Å². The minimum atomic E-state index is -1.69. The maximum atomic E-state index is 12.2. The summed E-state index contributed by atoms with van der Waals surface area (Å²) in [6, 6.07) is 18.3. The summed E-state index contributed by atoms with van der Waals surface area (Å²) in [5, 5.41) is 95.0. The molecule has 7 rings (SSSR count). The zero-order valence-electron chi connectivity index (χ0n) is 24.1. The number of aliphatic hydroxyl groups is 5. The fraction of sp³-hybridized carbons (Fsp3) is 0.294. The Hall–Kier alpha value is -4.56. The van der Waals surface area contributed by atoms with Crippen molar-refractivity contribution in [3.8, 4) is 34.5 Å². The molecule has 4 aromatic carbocycles. The highest BCUT2D eigenvalue weighted by molar-refractivity contribution is 5.65. The fourth-order valence-electron chi connectivity index (χ4n) is 6.87. The van der Waals surface area contributed by atoms with Crippen molar-refractivity contribution in [2.75, 3.05) is 6.61 Å². The van der Waals surface area contributed by atoms with Gasteiger partial charge in [-0.2, -0.15) is 0 Å². The Kier molecular flexibility index (Phi) is 7.43. The molecule has 0 aromatic heterocycles. The zero-order valence-corrected chi connectivity index (χ0v) is 24.1. The van der Waals surface area contributed by atoms with Gasteiger partial charge >= 0.3 is 0 Å². The lowest BCUT2D eigenvalue weighted by Gasteiger charge is -2.39. The monoisotopic (exact) mass is 632 g/mol. The second kappa shape index (κ2) is 11.4. The molecule has 0 spiro atoms. The van der Waals surface area contributed by atoms with Gasteiger partial charge in [-0.3, -0.25) is 0 Å². The number of fused-ring (bicyclic) bond motifs is 2. The molecule has 2 aliphatic heterocycles. The number of aromatic hydroxyl groups is 4. The van der Waals surface area contributed by atoms with E-state index in [1.165, 1.54) is 48.5 Å². The quantitative estimate of drug-likeness (QED) is 0.155. The van der Waals surface area contributed by atoms with E-state index in [2.05, 4.69) is 0 Å². The average molecular weight is 633 g/mol. The van der Waals surface area contributed by atoms with Gasteiger partial charge in [-0.05, 0) is 58.7 Å². The van der Waals surface area contributed by atoms with Crippen LogP contribution in [0.25, 0.3) is 0 Å². The van der Waals surface area contributed by atoms with E-state index in [0.29, 0.717) is 33.4 Å². The van der Waals surface area contributed by atoms with Gasteiger partial charge in [-0.15, -0.1) is 0 Å². The third-order valence-corrected chi connectivity index (χ3v) is 9.05. The highest BCUT2D eigenvalue weighted by Crippen LogP contribution is 2.60. The number of ether oxygens (including phenoxy) is 3. The number of phenolic OH excluding ortho intramolecular Hbond substituents is 4. The SMILES string of the molecule is OCC1OC(Oc2cc3c4c(c2)C(O)C(c2ccc(O)cc2)c2c(O)cc(O)cc2C4C(c2ccc(O)cc2)O3)C(O)C(O)C1O. The Bertz CT molecular complexity index is 1760. The molecule has 1 fully saturated rings. The second-order valence-corrected chi connectivity index (χ2v) is 11.8. The van der Waals surface area contributed by atoms with Gasteiger partial charge in [-0.1, -0.05) is 24.3 Å². The van der Waals surface area contributed by atoms with E-state index in [9.17, 15) is 46.0 Å². The van der Waals surface area contributed by atoms with Gasteiger partial charge in [-0.25, -0.2) is 0 Å². The predicted molar refractivity (Wildman–Crippen MR) is 159 cm³/mol. The van der Waals surface area contributed by atoms with E-state index in [4.69, 9.17) is 14.2 Å². The van der Waals surface area contributed by atoms with Crippen LogP contribution in [0.4, 0.5) is 0 Å². The summed E-state index contributed by atoms with van der Waals surface area (Å²) in [7, 11) is 0. The Morgan fingerprint density at radius 1 is 0.630 bits per heavy atom. The first-order chi connectivity index (χ1) is 22.0. The molecule has 4 aromatic rings. The Morgan fingerprint density at radius 3 is 1.93 bits per heavy atom. The van der Waals surface area contributed by atoms with Gasteiger partial charge in [0, 0.05) is 29.2 Å². The summed E-state index contributed by atoms with van der Waals surface area (Å²) in [4.78, 5) is 0. The van der Waals surface area contributed by atoms with Crippen LogP contribution < -0.4 is 9.47 Å². The normalized spacial score (nSPS) is 29.7. The van der Waals surface area contributed by atoms with Gasteiger partial charge in [0.15, 0.2) is 0 Å². The summed E-state index contributed by atoms with van der Waals surface area (Å²) in [5.74, 6) is -1.69. The average Bonchev–Trinajstić information content (AvgIpc) is 3.37. The minimum absolute atomic E-state index is 0.000276. The standard InChI is InChI=1S/C34H32O12/c35-13-24-30(41)31(42)32(43)34(46-24)44-19-11-21-27-23(12-19)45-33(15-3-7-17(37)8-4-15)28(27)20-9-18(38)10-22(39)26(20)25(29(21)40)14-1-5-16(36)6-2-14/h1-12,24-25,28-43H,13H2. The van der Waals surface area contributed by atoms with Crippen LogP contribution in [0.5, 0.6) is 34.5 Å². The lowest BCUT2D eigenvalue weighted by Crippen LogP contribution is -2.60. The van der Waals surface area contributed by atoms with Gasteiger partial charge < -0.3 is 60.2 Å². The summed E-state index contributed by atoms with van der Waals surface area (Å²) >= 11 is 0. The highest BCUT2D eigenvalue weighted by Gasteiger charge is 2.48. The van der Waals surface area contributed by atoms with Crippen LogP contribution in [-0.4, -0.2) is 83.3 Å². The highest BCUT2D eigenvalue weighted by atomic mass is 16.7. The molecule has 0 radical (unpaired) electrons. The molecule has 9 N–H and O–H groups in total. The molecule has 1 aliphatic carbocycles. The van der Waals surface area contributed by atoms with Crippen LogP contribution in [0.15, 0.2) is 72.8 Å². The molecule has 9 unspecified atom stereocenters. The first-order valence-electron chi connectivity index (χ1n) is 14.7. The van der Waals surface area contributed by atoms with Crippen molar-refractivity contribution in [2.24, 2.45) is 0 Å². The van der Waals surface area contributed by atoms with Crippen molar-refractivity contribution < 1.29 is 60.2 Å². The number of benzene rings is 4. The molecule has 3 aliphatic rings. The number of rotatable bonds is 5. The topological polar surface area (TPSA) is 210 Å². The number of hydrogen-bond acceptors (Lipinski definition) is 12. The lowest BCUT2D eigenvalue weighted by atomic mass is 9.80. The Morgan fingerprint density at radius 2 is 1.28 bits per heavy atom. The van der Waals surface area contributed by atoms with E-state index in [-0.39, 0.29) is 34.5 Å². The molecule has 9 atom stereocenters. The molecular weight excluding hydrogens is 600 g/mol. The first kappa shape index (κ1) is 30.1. The minimum Gasteiger partial charge on any atom is -0.508 e. The van der Waals surface area contributed by atoms with E-state index in [1.54, 1.807) is 24.3 Å². The Balaban J connectivity index is 1.42. The van der Waals surface area contributed by atoms with Crippen molar-refractivity contribution >= 4 is 0 Å². The largest absolute Gasteiger partial charge is 0.508 e. The fourth-order valence-corrected chi connectivity index (χ4v) is 6.87. The van der Waals surface area contributed by atoms with Crippen molar-refractivity contribution in [1.29, 1.82) is 0 Å². The third kappa shape index (κ3) is 4.87. The van der Waals surface area contributed by atoms with Crippen molar-refractivity contribution in [1.82, 2.24) is 0 Å². The Labute approximate surface area is 262 Å². The van der Waals surface area contributed by atoms with E-state index in [0.717, 1.165) is 0 Å². The van der Waals surface area contributed by atoms with E-state index >= 15 is 0 Å². The molecule has 0 saturated carbocycles. The van der Waals surface area contributed by atoms with Crippen LogP contribution in [0.3, 0.4) is 0 Å². The maximum absolute atomic E-state index is 12.2. The van der Waals surface area contributed by atoms with Crippen LogP contribution in [-0.2, 0) is 4.74 Å². The van der Waals surface area contributed by atoms with Crippen LogP contribution >= 0.6 is 0 Å². The van der Waals surface area contributed by atoms with Crippen molar-refractivity contribution in [3.05, 3.63) is 106 Å². The van der Waals surface area contributed by atoms with Gasteiger partial charge in [0.05, 0.1) is 18.6 Å². The van der Waals surface area contributed by atoms with Crippen molar-refractivity contribution in [3.63, 3.8) is 0 Å². The number of phenols is 4. The van der Waals surface area contributed by atoms with Gasteiger partial charge in [0.2, 0.25) is 6.29 Å². The van der Waals surface area contributed by atoms with E-state index < -0.39 is 61.4 Å². The summed E-state index contributed by atoms with van der Waals surface area (Å²) < 4.78 is 18.0. The molecule has 0 bridgehead atoms. The summed E-state index contributed by atoms with van der Waals surface area (Å²) in [5.41, 5.74) is 2.87. The second-order valence-electron chi connectivity index (χ2n) is 11.8. The molecule has 2 heterocycles. The molecule has 0 amide bonds. The van der Waals surface area contributed by atoms with Crippen molar-refractivity contribution in [2.45, 2.75) is 54.7 Å². The smallest absolute Gasteiger partial charge is 0.229 e. The van der Waals surface area contributed by atoms with Crippen LogP contribution in [0.1, 0.15) is 57.4 Å². The van der Waals surface area contributed by atoms with Crippen LogP contribution in [0, 0.1) is 0 Å². The van der Waals surface area contributed by atoms with E-state index in [1.807, 2.05) is 0 Å². The lowest BCUT2D eigenvalue weighted by molar-refractivity contribution is -0.277. The summed E-state index contributed by atoms with van der Waals surface area (Å²) in [6.45, 7) is -0.652. The molecule has 12 heteroatoms. The summed E-state index contributed by atoms with van der Waals surface area (Å²) in [6.07, 6.45) is -9.80. The number of hydrogen-bond donors (Lipinski definition) is 9. The first-order valence-corrected chi connectivity index (χ1v) is 14.7. The molecule has 240 valence electrons. The molecule has 12 nitrogen and oxygen atoms in total.